The summed E-state index contributed by atoms with van der Waals surface area (Å²) in [6, 6.07) is 8.20. The Labute approximate surface area is 112 Å². The Balaban J connectivity index is 2.07. The molecule has 3 nitrogen and oxygen atoms in total. The van der Waals surface area contributed by atoms with Gasteiger partial charge in [0, 0.05) is 17.5 Å². The van der Waals surface area contributed by atoms with Crippen LogP contribution in [0.5, 0.6) is 5.75 Å². The molecule has 0 fully saturated rings. The third kappa shape index (κ3) is 3.47. The molecule has 1 aromatic heterocycles. The Morgan fingerprint density at radius 2 is 2.28 bits per heavy atom. The number of thiazole rings is 1. The molecule has 1 atom stereocenters. The van der Waals surface area contributed by atoms with Gasteiger partial charge >= 0.3 is 0 Å². The van der Waals surface area contributed by atoms with Gasteiger partial charge in [-0.2, -0.15) is 0 Å². The molecule has 1 aromatic carbocycles. The van der Waals surface area contributed by atoms with Crippen LogP contribution in [0.1, 0.15) is 30.7 Å². The zero-order valence-corrected chi connectivity index (χ0v) is 11.5. The van der Waals surface area contributed by atoms with Crippen molar-refractivity contribution < 1.29 is 4.74 Å². The van der Waals surface area contributed by atoms with Crippen LogP contribution in [0.2, 0.25) is 0 Å². The SMILES string of the molecule is CCC(C)Oc1cccc(Cc2cnc(N)s2)c1. The molecular formula is C14H18N2OS. The fraction of sp³-hybridized carbons (Fsp3) is 0.357. The van der Waals surface area contributed by atoms with Gasteiger partial charge < -0.3 is 10.5 Å². The second-order valence-electron chi connectivity index (χ2n) is 4.33. The van der Waals surface area contributed by atoms with Crippen molar-refractivity contribution in [2.45, 2.75) is 32.8 Å². The molecule has 0 aliphatic heterocycles. The Morgan fingerprint density at radius 1 is 1.44 bits per heavy atom. The smallest absolute Gasteiger partial charge is 0.180 e. The minimum Gasteiger partial charge on any atom is -0.491 e. The Kier molecular flexibility index (Phi) is 4.20. The minimum atomic E-state index is 0.249. The van der Waals surface area contributed by atoms with Gasteiger partial charge in [-0.1, -0.05) is 19.1 Å². The number of rotatable bonds is 5. The number of aromatic nitrogens is 1. The van der Waals surface area contributed by atoms with Gasteiger partial charge in [-0.05, 0) is 31.0 Å². The van der Waals surface area contributed by atoms with E-state index in [0.717, 1.165) is 18.6 Å². The average Bonchev–Trinajstić information content (AvgIpc) is 2.75. The molecule has 4 heteroatoms. The number of nitrogen functional groups attached to an aromatic ring is 1. The van der Waals surface area contributed by atoms with Gasteiger partial charge in [0.2, 0.25) is 0 Å². The van der Waals surface area contributed by atoms with Crippen molar-refractivity contribution in [2.24, 2.45) is 0 Å². The van der Waals surface area contributed by atoms with E-state index in [9.17, 15) is 0 Å². The van der Waals surface area contributed by atoms with E-state index in [0.29, 0.717) is 5.13 Å². The van der Waals surface area contributed by atoms with Gasteiger partial charge in [0.15, 0.2) is 5.13 Å². The number of nitrogens with zero attached hydrogens (tertiary/aromatic N) is 1. The number of hydrogen-bond donors (Lipinski definition) is 1. The van der Waals surface area contributed by atoms with Crippen LogP contribution in [-0.4, -0.2) is 11.1 Å². The molecule has 96 valence electrons. The Hall–Kier alpha value is -1.55. The van der Waals surface area contributed by atoms with Crippen molar-refractivity contribution in [2.75, 3.05) is 5.73 Å². The van der Waals surface area contributed by atoms with E-state index in [2.05, 4.69) is 31.0 Å². The molecule has 2 rings (SSSR count). The molecule has 1 heterocycles. The third-order valence-electron chi connectivity index (χ3n) is 2.76. The molecular weight excluding hydrogens is 244 g/mol. The number of hydrogen-bond acceptors (Lipinski definition) is 4. The molecule has 0 aliphatic carbocycles. The van der Waals surface area contributed by atoms with E-state index in [1.165, 1.54) is 21.8 Å². The molecule has 2 aromatic rings. The second-order valence-corrected chi connectivity index (χ2v) is 5.47. The molecule has 0 radical (unpaired) electrons. The van der Waals surface area contributed by atoms with Crippen LogP contribution in [0.25, 0.3) is 0 Å². The highest BCUT2D eigenvalue weighted by atomic mass is 32.1. The van der Waals surface area contributed by atoms with Crippen molar-refractivity contribution in [1.29, 1.82) is 0 Å². The van der Waals surface area contributed by atoms with Crippen LogP contribution in [-0.2, 0) is 6.42 Å². The molecule has 0 saturated carbocycles. The summed E-state index contributed by atoms with van der Waals surface area (Å²) in [4.78, 5) is 5.24. The van der Waals surface area contributed by atoms with Crippen molar-refractivity contribution in [3.63, 3.8) is 0 Å². The minimum absolute atomic E-state index is 0.249. The highest BCUT2D eigenvalue weighted by Crippen LogP contribution is 2.21. The second kappa shape index (κ2) is 5.87. The maximum Gasteiger partial charge on any atom is 0.180 e. The quantitative estimate of drug-likeness (QED) is 0.897. The lowest BCUT2D eigenvalue weighted by Gasteiger charge is -2.13. The standard InChI is InChI=1S/C14H18N2OS/c1-3-10(2)17-12-6-4-5-11(7-12)8-13-9-16-14(15)18-13/h4-7,9-10H,3,8H2,1-2H3,(H2,15,16). The first-order valence-electron chi connectivity index (χ1n) is 6.13. The van der Waals surface area contributed by atoms with Crippen LogP contribution in [0.4, 0.5) is 5.13 Å². The predicted molar refractivity (Wildman–Crippen MR) is 76.2 cm³/mol. The van der Waals surface area contributed by atoms with E-state index in [-0.39, 0.29) is 6.10 Å². The fourth-order valence-electron chi connectivity index (χ4n) is 1.65. The lowest BCUT2D eigenvalue weighted by molar-refractivity contribution is 0.217. The van der Waals surface area contributed by atoms with Gasteiger partial charge in [0.25, 0.3) is 0 Å². The summed E-state index contributed by atoms with van der Waals surface area (Å²) in [5, 5.41) is 0.622. The van der Waals surface area contributed by atoms with E-state index in [1.54, 1.807) is 0 Å². The van der Waals surface area contributed by atoms with Crippen molar-refractivity contribution >= 4 is 16.5 Å². The van der Waals surface area contributed by atoms with Gasteiger partial charge in [-0.3, -0.25) is 0 Å². The Morgan fingerprint density at radius 3 is 2.94 bits per heavy atom. The van der Waals surface area contributed by atoms with Crippen molar-refractivity contribution in [3.05, 3.63) is 40.9 Å². The molecule has 0 amide bonds. The summed E-state index contributed by atoms with van der Waals surface area (Å²) in [6.45, 7) is 4.20. The first-order valence-corrected chi connectivity index (χ1v) is 6.94. The first kappa shape index (κ1) is 12.9. The maximum atomic E-state index is 5.81. The van der Waals surface area contributed by atoms with Crippen LogP contribution in [0, 0.1) is 0 Å². The molecule has 0 saturated heterocycles. The van der Waals surface area contributed by atoms with E-state index in [1.807, 2.05) is 18.3 Å². The highest BCUT2D eigenvalue weighted by Gasteiger charge is 2.04. The molecule has 18 heavy (non-hydrogen) atoms. The zero-order valence-electron chi connectivity index (χ0n) is 10.7. The van der Waals surface area contributed by atoms with Crippen molar-refractivity contribution in [3.8, 4) is 5.75 Å². The molecule has 0 bridgehead atoms. The highest BCUT2D eigenvalue weighted by molar-refractivity contribution is 7.15. The lowest BCUT2D eigenvalue weighted by atomic mass is 10.1. The molecule has 0 spiro atoms. The summed E-state index contributed by atoms with van der Waals surface area (Å²) in [7, 11) is 0. The van der Waals surface area contributed by atoms with Gasteiger partial charge in [0.1, 0.15) is 5.75 Å². The van der Waals surface area contributed by atoms with E-state index in [4.69, 9.17) is 10.5 Å². The van der Waals surface area contributed by atoms with Crippen LogP contribution in [0.3, 0.4) is 0 Å². The largest absolute Gasteiger partial charge is 0.491 e. The molecule has 0 aliphatic rings. The van der Waals surface area contributed by atoms with Gasteiger partial charge in [-0.25, -0.2) is 4.98 Å². The number of ether oxygens (including phenoxy) is 1. The summed E-state index contributed by atoms with van der Waals surface area (Å²) in [6.07, 6.45) is 3.95. The summed E-state index contributed by atoms with van der Waals surface area (Å²) in [5.41, 5.74) is 6.85. The van der Waals surface area contributed by atoms with E-state index < -0.39 is 0 Å². The van der Waals surface area contributed by atoms with Crippen LogP contribution < -0.4 is 10.5 Å². The van der Waals surface area contributed by atoms with Gasteiger partial charge in [-0.15, -0.1) is 11.3 Å². The monoisotopic (exact) mass is 262 g/mol. The number of nitrogens with two attached hydrogens (primary N) is 1. The number of benzene rings is 1. The normalized spacial score (nSPS) is 12.3. The molecule has 2 N–H and O–H groups in total. The van der Waals surface area contributed by atoms with Crippen LogP contribution in [0.15, 0.2) is 30.5 Å². The summed E-state index contributed by atoms with van der Waals surface area (Å²) in [5.74, 6) is 0.930. The molecule has 1 unspecified atom stereocenters. The fourth-order valence-corrected chi connectivity index (χ4v) is 2.37. The maximum absolute atomic E-state index is 5.81. The van der Waals surface area contributed by atoms with E-state index >= 15 is 0 Å². The Bertz CT molecular complexity index is 510. The topological polar surface area (TPSA) is 48.1 Å². The zero-order chi connectivity index (χ0) is 13.0. The summed E-state index contributed by atoms with van der Waals surface area (Å²) < 4.78 is 5.81. The van der Waals surface area contributed by atoms with Crippen LogP contribution >= 0.6 is 11.3 Å². The third-order valence-corrected chi connectivity index (χ3v) is 3.59. The lowest BCUT2D eigenvalue weighted by Crippen LogP contribution is -2.09. The number of anilines is 1. The van der Waals surface area contributed by atoms with Gasteiger partial charge in [0.05, 0.1) is 6.10 Å². The average molecular weight is 262 g/mol. The van der Waals surface area contributed by atoms with Crippen molar-refractivity contribution in [1.82, 2.24) is 4.98 Å². The first-order chi connectivity index (χ1) is 8.67. The summed E-state index contributed by atoms with van der Waals surface area (Å²) >= 11 is 1.53. The predicted octanol–water partition coefficient (Wildman–Crippen LogP) is 3.49.